The highest BCUT2D eigenvalue weighted by Crippen LogP contribution is 2.45. The third-order valence-corrected chi connectivity index (χ3v) is 5.50. The molecule has 2 aliphatic rings. The Morgan fingerprint density at radius 2 is 1.70 bits per heavy atom. The fourth-order valence-electron chi connectivity index (χ4n) is 3.72. The maximum Gasteiger partial charge on any atom is 0.318 e. The number of nitrogens with zero attached hydrogens (tertiary/aromatic N) is 1. The summed E-state index contributed by atoms with van der Waals surface area (Å²) in [4.78, 5) is 14.7. The van der Waals surface area contributed by atoms with Gasteiger partial charge in [0.15, 0.2) is 11.5 Å². The van der Waals surface area contributed by atoms with Crippen molar-refractivity contribution >= 4 is 6.03 Å². The predicted octanol–water partition coefficient (Wildman–Crippen LogP) is 3.60. The van der Waals surface area contributed by atoms with Gasteiger partial charge in [0, 0.05) is 13.1 Å². The summed E-state index contributed by atoms with van der Waals surface area (Å²) in [6.07, 6.45) is 2.52. The van der Waals surface area contributed by atoms with E-state index in [1.165, 1.54) is 17.7 Å². The first kappa shape index (κ1) is 17.6. The summed E-state index contributed by atoms with van der Waals surface area (Å²) in [5.74, 6) is 1.11. The normalized spacial score (nSPS) is 17.1. The van der Waals surface area contributed by atoms with Gasteiger partial charge in [-0.2, -0.15) is 0 Å². The molecule has 0 spiro atoms. The highest BCUT2D eigenvalue weighted by molar-refractivity contribution is 5.76. The Hall–Kier alpha value is -2.76. The molecule has 2 amide bonds. The first-order chi connectivity index (χ1) is 13.0. The molecule has 1 N–H and O–H groups in total. The van der Waals surface area contributed by atoms with Crippen LogP contribution in [0.1, 0.15) is 29.5 Å². The first-order valence-corrected chi connectivity index (χ1v) is 9.11. The Labute approximate surface area is 158 Å². The van der Waals surface area contributed by atoms with Crippen molar-refractivity contribution < 1.29 is 18.7 Å². The number of amides is 2. The van der Waals surface area contributed by atoms with Crippen LogP contribution in [-0.4, -0.2) is 31.7 Å². The van der Waals surface area contributed by atoms with Crippen LogP contribution >= 0.6 is 0 Å². The van der Waals surface area contributed by atoms with Crippen molar-refractivity contribution in [2.24, 2.45) is 0 Å². The monoisotopic (exact) mass is 370 g/mol. The lowest BCUT2D eigenvalue weighted by molar-refractivity contribution is 0.186. The second-order valence-corrected chi connectivity index (χ2v) is 7.17. The van der Waals surface area contributed by atoms with E-state index in [4.69, 9.17) is 9.47 Å². The number of rotatable bonds is 4. The molecule has 1 aliphatic carbocycles. The molecule has 4 rings (SSSR count). The van der Waals surface area contributed by atoms with E-state index < -0.39 is 0 Å². The third-order valence-electron chi connectivity index (χ3n) is 5.50. The average molecular weight is 370 g/mol. The number of carbonyl (C=O) groups excluding carboxylic acids is 1. The Balaban J connectivity index is 1.49. The van der Waals surface area contributed by atoms with Gasteiger partial charge in [-0.1, -0.05) is 12.1 Å². The van der Waals surface area contributed by atoms with Crippen LogP contribution < -0.4 is 14.8 Å². The molecule has 5 nitrogen and oxygen atoms in total. The van der Waals surface area contributed by atoms with E-state index in [1.807, 2.05) is 17.0 Å². The summed E-state index contributed by atoms with van der Waals surface area (Å²) in [7, 11) is 3.23. The number of carbonyl (C=O) groups is 1. The number of benzene rings is 2. The molecule has 27 heavy (non-hydrogen) atoms. The molecule has 1 heterocycles. The number of halogens is 1. The van der Waals surface area contributed by atoms with Crippen LogP contribution in [0.2, 0.25) is 0 Å². The van der Waals surface area contributed by atoms with Crippen LogP contribution in [0.15, 0.2) is 36.4 Å². The number of ether oxygens (including phenoxy) is 2. The molecular weight excluding hydrogens is 347 g/mol. The van der Waals surface area contributed by atoms with Crippen molar-refractivity contribution in [2.75, 3.05) is 20.8 Å². The Kier molecular flexibility index (Phi) is 4.42. The Morgan fingerprint density at radius 3 is 2.30 bits per heavy atom. The van der Waals surface area contributed by atoms with Gasteiger partial charge in [-0.3, -0.25) is 0 Å². The van der Waals surface area contributed by atoms with Gasteiger partial charge in [-0.15, -0.1) is 0 Å². The summed E-state index contributed by atoms with van der Waals surface area (Å²) in [5.41, 5.74) is 2.85. The smallest absolute Gasteiger partial charge is 0.318 e. The molecule has 6 heteroatoms. The fourth-order valence-corrected chi connectivity index (χ4v) is 3.72. The van der Waals surface area contributed by atoms with Crippen molar-refractivity contribution in [3.05, 3.63) is 58.9 Å². The van der Waals surface area contributed by atoms with Gasteiger partial charge in [0.2, 0.25) is 0 Å². The Morgan fingerprint density at radius 1 is 1.07 bits per heavy atom. The lowest BCUT2D eigenvalue weighted by Gasteiger charge is -2.31. The number of methoxy groups -OCH3 is 2. The van der Waals surface area contributed by atoms with Crippen LogP contribution in [0.3, 0.4) is 0 Å². The quantitative estimate of drug-likeness (QED) is 0.895. The van der Waals surface area contributed by atoms with Crippen molar-refractivity contribution in [3.63, 3.8) is 0 Å². The van der Waals surface area contributed by atoms with Crippen molar-refractivity contribution in [1.29, 1.82) is 0 Å². The zero-order valence-corrected chi connectivity index (χ0v) is 15.5. The van der Waals surface area contributed by atoms with E-state index in [2.05, 4.69) is 5.32 Å². The minimum atomic E-state index is -0.358. The van der Waals surface area contributed by atoms with Crippen LogP contribution in [0.4, 0.5) is 9.18 Å². The summed E-state index contributed by atoms with van der Waals surface area (Å²) < 4.78 is 23.9. The van der Waals surface area contributed by atoms with Crippen LogP contribution in [-0.2, 0) is 18.5 Å². The highest BCUT2D eigenvalue weighted by Gasteiger charge is 2.46. The van der Waals surface area contributed by atoms with Crippen LogP contribution in [0, 0.1) is 5.82 Å². The topological polar surface area (TPSA) is 50.8 Å². The minimum absolute atomic E-state index is 0.0859. The van der Waals surface area contributed by atoms with Gasteiger partial charge in [0.05, 0.1) is 19.8 Å². The van der Waals surface area contributed by atoms with Gasteiger partial charge in [0.1, 0.15) is 5.82 Å². The van der Waals surface area contributed by atoms with Crippen molar-refractivity contribution in [1.82, 2.24) is 10.2 Å². The lowest BCUT2D eigenvalue weighted by atomic mass is 9.99. The largest absolute Gasteiger partial charge is 0.493 e. The first-order valence-electron chi connectivity index (χ1n) is 9.11. The Bertz CT molecular complexity index is 862. The molecule has 1 saturated carbocycles. The van der Waals surface area contributed by atoms with Gasteiger partial charge in [-0.25, -0.2) is 9.18 Å². The van der Waals surface area contributed by atoms with E-state index in [9.17, 15) is 9.18 Å². The number of urea groups is 1. The summed E-state index contributed by atoms with van der Waals surface area (Å²) in [6.45, 7) is 1.18. The van der Waals surface area contributed by atoms with E-state index in [0.29, 0.717) is 24.6 Å². The summed E-state index contributed by atoms with van der Waals surface area (Å²) in [5, 5.41) is 3.16. The fraction of sp³-hybridized carbons (Fsp3) is 0.381. The van der Waals surface area contributed by atoms with E-state index in [0.717, 1.165) is 30.4 Å². The molecule has 1 aliphatic heterocycles. The standard InChI is InChI=1S/C21H23FN2O3/c1-26-18-11-14-7-10-24(13-15(14)12-19(18)27-2)20(25)23-21(8-9-21)16-3-5-17(22)6-4-16/h3-6,11-12H,7-10,13H2,1-2H3,(H,23,25). The average Bonchev–Trinajstić information content (AvgIpc) is 3.47. The van der Waals surface area contributed by atoms with E-state index in [-0.39, 0.29) is 17.4 Å². The lowest BCUT2D eigenvalue weighted by Crippen LogP contribution is -2.46. The van der Waals surface area contributed by atoms with Gasteiger partial charge in [-0.05, 0) is 60.2 Å². The predicted molar refractivity (Wildman–Crippen MR) is 99.5 cm³/mol. The van der Waals surface area contributed by atoms with Gasteiger partial charge >= 0.3 is 6.03 Å². The molecule has 1 fully saturated rings. The van der Waals surface area contributed by atoms with E-state index >= 15 is 0 Å². The second kappa shape index (κ2) is 6.76. The van der Waals surface area contributed by atoms with E-state index in [1.54, 1.807) is 26.4 Å². The summed E-state index contributed by atoms with van der Waals surface area (Å²) >= 11 is 0. The molecule has 142 valence electrons. The zero-order valence-electron chi connectivity index (χ0n) is 15.5. The molecule has 0 atom stereocenters. The molecule has 2 aromatic carbocycles. The maximum absolute atomic E-state index is 13.2. The minimum Gasteiger partial charge on any atom is -0.493 e. The maximum atomic E-state index is 13.2. The number of hydrogen-bond acceptors (Lipinski definition) is 3. The van der Waals surface area contributed by atoms with Gasteiger partial charge in [0.25, 0.3) is 0 Å². The molecule has 0 saturated heterocycles. The molecule has 0 bridgehead atoms. The molecule has 0 aromatic heterocycles. The van der Waals surface area contributed by atoms with Gasteiger partial charge < -0.3 is 19.7 Å². The van der Waals surface area contributed by atoms with Crippen LogP contribution in [0.5, 0.6) is 11.5 Å². The molecule has 0 unspecified atom stereocenters. The third kappa shape index (κ3) is 3.31. The number of nitrogens with one attached hydrogen (secondary N) is 1. The highest BCUT2D eigenvalue weighted by atomic mass is 19.1. The molecular formula is C21H23FN2O3. The second-order valence-electron chi connectivity index (χ2n) is 7.17. The summed E-state index contributed by atoms with van der Waals surface area (Å²) in [6, 6.07) is 10.2. The molecule has 0 radical (unpaired) electrons. The zero-order chi connectivity index (χ0) is 19.0. The SMILES string of the molecule is COc1cc2c(cc1OC)CN(C(=O)NC1(c3ccc(F)cc3)CC1)CC2. The number of fused-ring (bicyclic) bond motifs is 1. The molecule has 2 aromatic rings. The van der Waals surface area contributed by atoms with Crippen molar-refractivity contribution in [3.8, 4) is 11.5 Å². The van der Waals surface area contributed by atoms with Crippen LogP contribution in [0.25, 0.3) is 0 Å². The number of hydrogen-bond donors (Lipinski definition) is 1. The van der Waals surface area contributed by atoms with Crippen molar-refractivity contribution in [2.45, 2.75) is 31.3 Å².